The van der Waals surface area contributed by atoms with Crippen LogP contribution in [0.15, 0.2) is 30.3 Å². The molecule has 1 N–H and O–H groups in total. The smallest absolute Gasteiger partial charge is 0.430 e. The number of carbonyl (C=O) groups excluding carboxylic acids is 2. The number of hydrogen-bond donors (Lipinski definition) is 1. The maximum Gasteiger partial charge on any atom is 0.509 e. The molecule has 25 heavy (non-hydrogen) atoms. The zero-order valence-corrected chi connectivity index (χ0v) is 14.7. The van der Waals surface area contributed by atoms with Crippen LogP contribution in [0.3, 0.4) is 0 Å². The van der Waals surface area contributed by atoms with E-state index in [1.165, 1.54) is 5.56 Å². The Balaban J connectivity index is 1.44. The van der Waals surface area contributed by atoms with Crippen LogP contribution in [0.5, 0.6) is 0 Å². The molecule has 0 unspecified atom stereocenters. The predicted molar refractivity (Wildman–Crippen MR) is 93.3 cm³/mol. The van der Waals surface area contributed by atoms with E-state index in [9.17, 15) is 9.59 Å². The van der Waals surface area contributed by atoms with Crippen molar-refractivity contribution in [1.29, 1.82) is 0 Å². The van der Waals surface area contributed by atoms with E-state index < -0.39 is 11.8 Å². The number of nitrogens with zero attached hydrogens (tertiary/aromatic N) is 1. The van der Waals surface area contributed by atoms with Gasteiger partial charge in [0.05, 0.1) is 0 Å². The molecular weight excluding hydrogens is 320 g/mol. The summed E-state index contributed by atoms with van der Waals surface area (Å²) in [4.78, 5) is 25.4. The van der Waals surface area contributed by atoms with Crippen molar-refractivity contribution in [2.75, 3.05) is 26.2 Å². The summed E-state index contributed by atoms with van der Waals surface area (Å²) < 4.78 is 10.2. The van der Waals surface area contributed by atoms with E-state index in [0.29, 0.717) is 45.0 Å². The number of ether oxygens (including phenoxy) is 2. The predicted octanol–water partition coefficient (Wildman–Crippen LogP) is 2.97. The standard InChI is InChI=1S/C19H26N2O4/c1-2-15(12-16-6-4-3-5-7-16)13-20-17(22)21-10-8-19(9-11-21)14-24-18(23)25-19/h3-7,15H,2,8-14H2,1H3,(H,20,22)/t15-/m1/s1. The SMILES string of the molecule is CC[C@@H](CNC(=O)N1CCC2(CC1)COC(=O)O2)Cc1ccccc1. The number of nitrogens with one attached hydrogen (secondary N) is 1. The van der Waals surface area contributed by atoms with Crippen LogP contribution in [0.2, 0.25) is 0 Å². The third-order valence-electron chi connectivity index (χ3n) is 5.20. The zero-order valence-electron chi connectivity index (χ0n) is 14.7. The lowest BCUT2D eigenvalue weighted by atomic mass is 9.92. The van der Waals surface area contributed by atoms with E-state index in [2.05, 4.69) is 24.4 Å². The van der Waals surface area contributed by atoms with E-state index in [0.717, 1.165) is 12.8 Å². The molecule has 2 amide bonds. The van der Waals surface area contributed by atoms with Gasteiger partial charge in [0, 0.05) is 32.5 Å². The Kier molecular flexibility index (Phi) is 5.46. The van der Waals surface area contributed by atoms with Gasteiger partial charge < -0.3 is 19.7 Å². The van der Waals surface area contributed by atoms with Crippen molar-refractivity contribution in [2.45, 2.75) is 38.2 Å². The van der Waals surface area contributed by atoms with Gasteiger partial charge in [-0.2, -0.15) is 0 Å². The van der Waals surface area contributed by atoms with Gasteiger partial charge in [0.2, 0.25) is 0 Å². The summed E-state index contributed by atoms with van der Waals surface area (Å²) in [6.45, 7) is 4.29. The van der Waals surface area contributed by atoms with Crippen LogP contribution in [0, 0.1) is 5.92 Å². The number of carbonyl (C=O) groups is 2. The maximum atomic E-state index is 12.4. The van der Waals surface area contributed by atoms with E-state index in [4.69, 9.17) is 9.47 Å². The molecule has 2 aliphatic rings. The molecule has 2 aliphatic heterocycles. The molecule has 0 saturated carbocycles. The topological polar surface area (TPSA) is 67.9 Å². The lowest BCUT2D eigenvalue weighted by Crippen LogP contribution is -2.51. The van der Waals surface area contributed by atoms with Crippen molar-refractivity contribution in [3.8, 4) is 0 Å². The van der Waals surface area contributed by atoms with Gasteiger partial charge in [-0.3, -0.25) is 0 Å². The van der Waals surface area contributed by atoms with Crippen LogP contribution >= 0.6 is 0 Å². The van der Waals surface area contributed by atoms with Crippen LogP contribution in [-0.4, -0.2) is 48.9 Å². The molecule has 0 bridgehead atoms. The molecule has 0 aliphatic carbocycles. The van der Waals surface area contributed by atoms with Crippen molar-refractivity contribution in [3.63, 3.8) is 0 Å². The summed E-state index contributed by atoms with van der Waals surface area (Å²) in [5.41, 5.74) is 0.777. The number of cyclic esters (lactones) is 1. The van der Waals surface area contributed by atoms with Crippen molar-refractivity contribution in [2.24, 2.45) is 5.92 Å². The molecule has 1 aromatic carbocycles. The highest BCUT2D eigenvalue weighted by atomic mass is 16.8. The summed E-state index contributed by atoms with van der Waals surface area (Å²) >= 11 is 0. The largest absolute Gasteiger partial charge is 0.509 e. The summed E-state index contributed by atoms with van der Waals surface area (Å²) in [6.07, 6.45) is 2.66. The van der Waals surface area contributed by atoms with Crippen molar-refractivity contribution in [1.82, 2.24) is 10.2 Å². The van der Waals surface area contributed by atoms with Crippen LogP contribution in [0.25, 0.3) is 0 Å². The van der Waals surface area contributed by atoms with Gasteiger partial charge in [0.25, 0.3) is 0 Å². The van der Waals surface area contributed by atoms with Crippen LogP contribution in [0.1, 0.15) is 31.7 Å². The number of likely N-dealkylation sites (tertiary alicyclic amines) is 1. The van der Waals surface area contributed by atoms with Crippen LogP contribution in [0.4, 0.5) is 9.59 Å². The first-order valence-electron chi connectivity index (χ1n) is 9.03. The van der Waals surface area contributed by atoms with Gasteiger partial charge in [-0.05, 0) is 17.9 Å². The maximum absolute atomic E-state index is 12.4. The van der Waals surface area contributed by atoms with Gasteiger partial charge in [0.15, 0.2) is 5.60 Å². The molecule has 6 nitrogen and oxygen atoms in total. The molecule has 2 fully saturated rings. The van der Waals surface area contributed by atoms with Gasteiger partial charge in [-0.1, -0.05) is 43.7 Å². The number of amides is 2. The average molecular weight is 346 g/mol. The molecule has 2 heterocycles. The molecule has 6 heteroatoms. The molecule has 0 aromatic heterocycles. The van der Waals surface area contributed by atoms with E-state index >= 15 is 0 Å². The summed E-state index contributed by atoms with van der Waals surface area (Å²) in [7, 11) is 0. The first kappa shape index (κ1) is 17.6. The van der Waals surface area contributed by atoms with Crippen LogP contribution < -0.4 is 5.32 Å². The minimum atomic E-state index is -0.593. The zero-order chi connectivity index (χ0) is 17.7. The number of urea groups is 1. The molecule has 1 atom stereocenters. The lowest BCUT2D eigenvalue weighted by Gasteiger charge is -2.36. The van der Waals surface area contributed by atoms with Gasteiger partial charge >= 0.3 is 12.2 Å². The normalized spacial score (nSPS) is 20.0. The molecule has 1 aromatic rings. The minimum Gasteiger partial charge on any atom is -0.430 e. The van der Waals surface area contributed by atoms with E-state index in [-0.39, 0.29) is 6.03 Å². The fraction of sp³-hybridized carbons (Fsp3) is 0.579. The van der Waals surface area contributed by atoms with Gasteiger partial charge in [-0.25, -0.2) is 9.59 Å². The molecule has 2 saturated heterocycles. The average Bonchev–Trinajstić information content (AvgIpc) is 3.00. The number of rotatable bonds is 5. The highest BCUT2D eigenvalue weighted by Gasteiger charge is 2.45. The Bertz CT molecular complexity index is 597. The number of benzene rings is 1. The second-order valence-electron chi connectivity index (χ2n) is 6.96. The highest BCUT2D eigenvalue weighted by Crippen LogP contribution is 2.31. The van der Waals surface area contributed by atoms with E-state index in [1.54, 1.807) is 4.90 Å². The fourth-order valence-electron chi connectivity index (χ4n) is 3.44. The lowest BCUT2D eigenvalue weighted by molar-refractivity contribution is 0.00929. The Morgan fingerprint density at radius 1 is 1.28 bits per heavy atom. The quantitative estimate of drug-likeness (QED) is 0.832. The van der Waals surface area contributed by atoms with Crippen molar-refractivity contribution >= 4 is 12.2 Å². The summed E-state index contributed by atoms with van der Waals surface area (Å²) in [5.74, 6) is 0.423. The first-order valence-corrected chi connectivity index (χ1v) is 9.03. The van der Waals surface area contributed by atoms with E-state index in [1.807, 2.05) is 18.2 Å². The minimum absolute atomic E-state index is 0.0356. The van der Waals surface area contributed by atoms with Crippen LogP contribution in [-0.2, 0) is 15.9 Å². The Hall–Kier alpha value is -2.24. The highest BCUT2D eigenvalue weighted by molar-refractivity contribution is 5.74. The summed E-state index contributed by atoms with van der Waals surface area (Å²) in [5, 5.41) is 3.06. The fourth-order valence-corrected chi connectivity index (χ4v) is 3.44. The number of hydrogen-bond acceptors (Lipinski definition) is 4. The van der Waals surface area contributed by atoms with Gasteiger partial charge in [-0.15, -0.1) is 0 Å². The van der Waals surface area contributed by atoms with Crippen molar-refractivity contribution in [3.05, 3.63) is 35.9 Å². The molecular formula is C19H26N2O4. The molecule has 136 valence electrons. The number of piperidine rings is 1. The first-order chi connectivity index (χ1) is 12.1. The second-order valence-corrected chi connectivity index (χ2v) is 6.96. The van der Waals surface area contributed by atoms with Crippen molar-refractivity contribution < 1.29 is 19.1 Å². The Morgan fingerprint density at radius 3 is 2.60 bits per heavy atom. The summed E-state index contributed by atoms with van der Waals surface area (Å²) in [6, 6.07) is 10.3. The Morgan fingerprint density at radius 2 is 2.00 bits per heavy atom. The second kappa shape index (κ2) is 7.76. The molecule has 1 spiro atoms. The third-order valence-corrected chi connectivity index (χ3v) is 5.20. The monoisotopic (exact) mass is 346 g/mol. The Labute approximate surface area is 148 Å². The van der Waals surface area contributed by atoms with Gasteiger partial charge in [0.1, 0.15) is 6.61 Å². The molecule has 3 rings (SSSR count). The third kappa shape index (κ3) is 4.44. The molecule has 0 radical (unpaired) electrons.